The molecule has 0 saturated carbocycles. The summed E-state index contributed by atoms with van der Waals surface area (Å²) in [4.78, 5) is 19.3. The largest absolute Gasteiger partial charge is 0.451 e. The van der Waals surface area contributed by atoms with Crippen LogP contribution < -0.4 is 5.32 Å². The number of ether oxygens (including phenoxy) is 1. The molecule has 1 saturated heterocycles. The molecule has 1 amide bonds. The summed E-state index contributed by atoms with van der Waals surface area (Å²) in [5.41, 5.74) is 3.65. The van der Waals surface area contributed by atoms with Gasteiger partial charge >= 0.3 is 0 Å². The molecule has 1 aromatic heterocycles. The Hall–Kier alpha value is -2.30. The van der Waals surface area contributed by atoms with E-state index in [4.69, 9.17) is 4.74 Å². The first kappa shape index (κ1) is 11.5. The maximum absolute atomic E-state index is 12.1. The number of nitrogens with zero attached hydrogens (tertiary/aromatic N) is 1. The molecule has 2 atom stereocenters. The number of aryl methyl sites for hydroxylation is 1. The highest BCUT2D eigenvalue weighted by molar-refractivity contribution is 6.03. The molecular weight excluding hydrogens is 254 g/mol. The molecular formula is C15H15N3O2. The summed E-state index contributed by atoms with van der Waals surface area (Å²) in [6.45, 7) is 0. The zero-order chi connectivity index (χ0) is 13.7. The van der Waals surface area contributed by atoms with Crippen molar-refractivity contribution in [3.8, 4) is 0 Å². The predicted molar refractivity (Wildman–Crippen MR) is 75.7 cm³/mol. The fourth-order valence-corrected chi connectivity index (χ4v) is 3.32. The molecule has 2 heterocycles. The summed E-state index contributed by atoms with van der Waals surface area (Å²) in [5, 5.41) is 3.93. The summed E-state index contributed by atoms with van der Waals surface area (Å²) in [7, 11) is 1.61. The number of amides is 1. The van der Waals surface area contributed by atoms with Crippen molar-refractivity contribution < 1.29 is 9.53 Å². The number of carbonyl (C=O) groups excluding carboxylic acids is 1. The first-order valence-corrected chi connectivity index (χ1v) is 6.81. The molecule has 102 valence electrons. The van der Waals surface area contributed by atoms with Crippen molar-refractivity contribution in [3.63, 3.8) is 0 Å². The molecule has 1 aliphatic carbocycles. The van der Waals surface area contributed by atoms with Crippen molar-refractivity contribution in [1.29, 1.82) is 0 Å². The third-order valence-corrected chi connectivity index (χ3v) is 4.24. The average molecular weight is 269 g/mol. The Kier molecular flexibility index (Phi) is 2.36. The minimum Gasteiger partial charge on any atom is -0.451 e. The van der Waals surface area contributed by atoms with E-state index in [9.17, 15) is 4.79 Å². The first-order chi connectivity index (χ1) is 9.78. The van der Waals surface area contributed by atoms with Crippen LogP contribution in [0.2, 0.25) is 0 Å². The lowest BCUT2D eigenvalue weighted by Gasteiger charge is -2.25. The van der Waals surface area contributed by atoms with E-state index in [0.29, 0.717) is 6.02 Å². The van der Waals surface area contributed by atoms with Gasteiger partial charge in [-0.3, -0.25) is 10.1 Å². The fourth-order valence-electron chi connectivity index (χ4n) is 3.32. The van der Waals surface area contributed by atoms with Crippen LogP contribution in [0, 0.1) is 0 Å². The van der Waals surface area contributed by atoms with Gasteiger partial charge in [-0.15, -0.1) is 0 Å². The molecule has 5 nitrogen and oxygen atoms in total. The predicted octanol–water partition coefficient (Wildman–Crippen LogP) is 1.70. The molecule has 5 heteroatoms. The normalized spacial score (nSPS) is 26.9. The quantitative estimate of drug-likeness (QED) is 0.827. The number of aromatic nitrogens is 1. The van der Waals surface area contributed by atoms with Gasteiger partial charge in [-0.1, -0.05) is 12.1 Å². The molecule has 1 fully saturated rings. The van der Waals surface area contributed by atoms with Gasteiger partial charge in [0.05, 0.1) is 0 Å². The lowest BCUT2D eigenvalue weighted by atomic mass is 9.81. The minimum atomic E-state index is -0.471. The van der Waals surface area contributed by atoms with Gasteiger partial charge in [-0.05, 0) is 30.0 Å². The molecule has 2 aliphatic rings. The van der Waals surface area contributed by atoms with Gasteiger partial charge in [0.2, 0.25) is 0 Å². The minimum absolute atomic E-state index is 0.0814. The SMILES string of the molecule is CN=C1NC(=O)C(C2CCc3cccc4[nH]cc2c34)O1. The Bertz CT molecular complexity index is 732. The van der Waals surface area contributed by atoms with E-state index in [2.05, 4.69) is 33.5 Å². The number of benzene rings is 1. The van der Waals surface area contributed by atoms with Crippen LogP contribution in [0.5, 0.6) is 0 Å². The zero-order valence-electron chi connectivity index (χ0n) is 11.1. The van der Waals surface area contributed by atoms with Gasteiger partial charge in [0.25, 0.3) is 11.9 Å². The lowest BCUT2D eigenvalue weighted by Crippen LogP contribution is -2.31. The summed E-state index contributed by atoms with van der Waals surface area (Å²) in [5.74, 6) is -0.0118. The van der Waals surface area contributed by atoms with Crippen molar-refractivity contribution in [2.75, 3.05) is 7.05 Å². The van der Waals surface area contributed by atoms with E-state index in [1.807, 2.05) is 6.20 Å². The third-order valence-electron chi connectivity index (χ3n) is 4.24. The molecule has 0 bridgehead atoms. The highest BCUT2D eigenvalue weighted by Gasteiger charge is 2.40. The van der Waals surface area contributed by atoms with Crippen LogP contribution in [-0.2, 0) is 16.0 Å². The van der Waals surface area contributed by atoms with Crippen LogP contribution >= 0.6 is 0 Å². The fraction of sp³-hybridized carbons (Fsp3) is 0.333. The van der Waals surface area contributed by atoms with E-state index in [1.54, 1.807) is 7.05 Å². The number of hydrogen-bond acceptors (Lipinski definition) is 3. The second-order valence-electron chi connectivity index (χ2n) is 5.29. The molecule has 2 N–H and O–H groups in total. The Morgan fingerprint density at radius 2 is 2.30 bits per heavy atom. The number of nitrogens with one attached hydrogen (secondary N) is 2. The van der Waals surface area contributed by atoms with Gasteiger partial charge in [0.15, 0.2) is 6.10 Å². The van der Waals surface area contributed by atoms with Crippen molar-refractivity contribution in [3.05, 3.63) is 35.5 Å². The molecule has 20 heavy (non-hydrogen) atoms. The zero-order valence-corrected chi connectivity index (χ0v) is 11.1. The maximum Gasteiger partial charge on any atom is 0.292 e. The standard InChI is InChI=1S/C15H15N3O2/c1-16-15-18-14(19)13(20-15)9-6-5-8-3-2-4-11-12(8)10(9)7-17-11/h2-4,7,9,13,17H,5-6H2,1H3,(H,16,18,19). The van der Waals surface area contributed by atoms with Crippen molar-refractivity contribution >= 4 is 22.8 Å². The lowest BCUT2D eigenvalue weighted by molar-refractivity contribution is -0.124. The van der Waals surface area contributed by atoms with Gasteiger partial charge in [0.1, 0.15) is 0 Å². The molecule has 0 radical (unpaired) electrons. The van der Waals surface area contributed by atoms with Gasteiger partial charge in [-0.2, -0.15) is 0 Å². The Labute approximate surface area is 116 Å². The number of H-pyrrole nitrogens is 1. The van der Waals surface area contributed by atoms with E-state index in [1.165, 1.54) is 16.5 Å². The number of aromatic amines is 1. The summed E-state index contributed by atoms with van der Waals surface area (Å²) < 4.78 is 5.65. The number of amidine groups is 1. The van der Waals surface area contributed by atoms with Crippen LogP contribution in [-0.4, -0.2) is 30.1 Å². The molecule has 1 aromatic carbocycles. The van der Waals surface area contributed by atoms with E-state index in [0.717, 1.165) is 18.4 Å². The smallest absolute Gasteiger partial charge is 0.292 e. The highest BCUT2D eigenvalue weighted by Crippen LogP contribution is 2.40. The van der Waals surface area contributed by atoms with E-state index in [-0.39, 0.29) is 11.8 Å². The monoisotopic (exact) mass is 269 g/mol. The molecule has 1 aliphatic heterocycles. The van der Waals surface area contributed by atoms with Gasteiger partial charge < -0.3 is 9.72 Å². The third kappa shape index (κ3) is 1.49. The maximum atomic E-state index is 12.1. The van der Waals surface area contributed by atoms with Crippen molar-refractivity contribution in [2.45, 2.75) is 24.9 Å². The summed E-state index contributed by atoms with van der Waals surface area (Å²) in [6, 6.07) is 6.62. The number of hydrogen-bond donors (Lipinski definition) is 2. The van der Waals surface area contributed by atoms with Gasteiger partial charge in [-0.25, -0.2) is 4.99 Å². The topological polar surface area (TPSA) is 66.5 Å². The highest BCUT2D eigenvalue weighted by atomic mass is 16.5. The van der Waals surface area contributed by atoms with Crippen LogP contribution in [0.25, 0.3) is 10.9 Å². The van der Waals surface area contributed by atoms with Crippen molar-refractivity contribution in [1.82, 2.24) is 10.3 Å². The van der Waals surface area contributed by atoms with Crippen LogP contribution in [0.3, 0.4) is 0 Å². The summed E-state index contributed by atoms with van der Waals surface area (Å²) in [6.07, 6.45) is 3.42. The molecule has 0 spiro atoms. The second kappa shape index (κ2) is 4.10. The van der Waals surface area contributed by atoms with E-state index < -0.39 is 6.10 Å². The van der Waals surface area contributed by atoms with Crippen LogP contribution in [0.1, 0.15) is 23.5 Å². The Balaban J connectivity index is 1.80. The Morgan fingerprint density at radius 1 is 1.40 bits per heavy atom. The van der Waals surface area contributed by atoms with E-state index >= 15 is 0 Å². The molecule has 2 aromatic rings. The number of aliphatic imine (C=N–C) groups is 1. The molecule has 4 rings (SSSR count). The Morgan fingerprint density at radius 3 is 3.10 bits per heavy atom. The van der Waals surface area contributed by atoms with Gasteiger partial charge in [0, 0.05) is 30.1 Å². The molecule has 2 unspecified atom stereocenters. The number of rotatable bonds is 1. The number of carbonyl (C=O) groups is 1. The van der Waals surface area contributed by atoms with Crippen LogP contribution in [0.15, 0.2) is 29.4 Å². The van der Waals surface area contributed by atoms with Crippen LogP contribution in [0.4, 0.5) is 0 Å². The van der Waals surface area contributed by atoms with Crippen molar-refractivity contribution in [2.24, 2.45) is 4.99 Å². The average Bonchev–Trinajstić information content (AvgIpc) is 3.06. The first-order valence-electron chi connectivity index (χ1n) is 6.81. The second-order valence-corrected chi connectivity index (χ2v) is 5.29. The summed E-state index contributed by atoms with van der Waals surface area (Å²) >= 11 is 0.